The number of hydrogen-bond donors (Lipinski definition) is 6. The van der Waals surface area contributed by atoms with Gasteiger partial charge in [0.05, 0.1) is 63.9 Å². The molecule has 5 fully saturated rings. The zero-order valence-electron chi connectivity index (χ0n) is 41.3. The molecule has 3 unspecified atom stereocenters. The van der Waals surface area contributed by atoms with Gasteiger partial charge in [-0.2, -0.15) is 5.26 Å². The summed E-state index contributed by atoms with van der Waals surface area (Å²) in [4.78, 5) is 69.6. The number of para-hydroxylation sites is 1. The number of imide groups is 2. The summed E-state index contributed by atoms with van der Waals surface area (Å²) >= 11 is 0. The van der Waals surface area contributed by atoms with Gasteiger partial charge in [-0.25, -0.2) is 0 Å². The van der Waals surface area contributed by atoms with Crippen molar-refractivity contribution < 1.29 is 56.1 Å². The van der Waals surface area contributed by atoms with Crippen molar-refractivity contribution in [2.75, 3.05) is 91.3 Å². The van der Waals surface area contributed by atoms with E-state index in [1.165, 1.54) is 48.1 Å². The van der Waals surface area contributed by atoms with E-state index in [-0.39, 0.29) is 59.7 Å². The monoisotopic (exact) mass is 1030 g/mol. The Kier molecular flexibility index (Phi) is 17.9. The molecule has 4 aliphatic carbocycles. The Morgan fingerprint density at radius 2 is 1.64 bits per heavy atom. The molecule has 3 aliphatic heterocycles. The Hall–Kier alpha value is -6.60. The fraction of sp³-hybridized carbons (Fsp3) is 0.538. The fourth-order valence-corrected chi connectivity index (χ4v) is 11.2. The van der Waals surface area contributed by atoms with Gasteiger partial charge < -0.3 is 50.4 Å². The van der Waals surface area contributed by atoms with Gasteiger partial charge in [-0.1, -0.05) is 18.2 Å². The number of rotatable bonds is 26. The van der Waals surface area contributed by atoms with Crippen LogP contribution in [0.4, 0.5) is 18.9 Å². The molecule has 0 aromatic heterocycles. The lowest BCUT2D eigenvalue weighted by Crippen LogP contribution is -2.60. The van der Waals surface area contributed by atoms with Gasteiger partial charge in [0.25, 0.3) is 11.8 Å². The first-order valence-electron chi connectivity index (χ1n) is 25.2. The number of ether oxygens (including phenoxy) is 4. The summed E-state index contributed by atoms with van der Waals surface area (Å²) in [7, 11) is 1.66. The summed E-state index contributed by atoms with van der Waals surface area (Å²) in [6.45, 7) is 5.78. The number of aliphatic imine (C=N–C) groups is 1. The molecule has 0 spiro atoms. The van der Waals surface area contributed by atoms with Gasteiger partial charge in [0.1, 0.15) is 35.1 Å². The highest BCUT2D eigenvalue weighted by Gasteiger charge is 2.55. The summed E-state index contributed by atoms with van der Waals surface area (Å²) in [6.07, 6.45) is 4.17. The lowest BCUT2D eigenvalue weighted by atomic mass is 9.48. The third-order valence-corrected chi connectivity index (χ3v) is 14.5. The highest BCUT2D eigenvalue weighted by molar-refractivity contribution is 6.23. The molecule has 3 heterocycles. The molecule has 9 rings (SSSR count). The van der Waals surface area contributed by atoms with Gasteiger partial charge in [0.2, 0.25) is 17.7 Å². The summed E-state index contributed by atoms with van der Waals surface area (Å²) in [5.41, 5.74) is 4.44. The van der Waals surface area contributed by atoms with Crippen LogP contribution < -0.4 is 36.6 Å². The number of nitrogens with zero attached hydrogens (tertiary/aromatic N) is 4. The molecule has 0 radical (unpaired) electrons. The van der Waals surface area contributed by atoms with Crippen LogP contribution in [0.5, 0.6) is 5.75 Å². The molecule has 4 saturated carbocycles. The average molecular weight is 1030 g/mol. The van der Waals surface area contributed by atoms with E-state index in [0.717, 1.165) is 37.3 Å². The second-order valence-corrected chi connectivity index (χ2v) is 19.6. The van der Waals surface area contributed by atoms with Crippen LogP contribution in [0.1, 0.15) is 71.2 Å². The van der Waals surface area contributed by atoms with Crippen LogP contribution in [0.15, 0.2) is 76.7 Å². The van der Waals surface area contributed by atoms with E-state index in [4.69, 9.17) is 14.2 Å². The molecule has 4 bridgehead atoms. The van der Waals surface area contributed by atoms with E-state index in [1.807, 2.05) is 0 Å². The van der Waals surface area contributed by atoms with E-state index < -0.39 is 36.0 Å². The number of allylic oxidation sites excluding steroid dienone is 1. The number of alkyl halides is 3. The van der Waals surface area contributed by atoms with Gasteiger partial charge in [0, 0.05) is 75.6 Å². The van der Waals surface area contributed by atoms with Gasteiger partial charge in [-0.05, 0) is 86.0 Å². The number of nitrogens with one attached hydrogen (secondary N) is 6. The second-order valence-electron chi connectivity index (χ2n) is 19.6. The van der Waals surface area contributed by atoms with Gasteiger partial charge >= 0.3 is 6.36 Å². The SMILES string of the molecule is CN(CCOCCOCCOCCNCCNC1C2CC3CC1CC(CNC1=C(C#N)C=C=CC(=NCc4ccccc4OC(F)(F)F)N1)(C3)C2)C(=O)CNc1ccc2c(c1)C(=O)N(C1CCC(=O)NC1=O)C2=O. The minimum absolute atomic E-state index is 0.0322. The number of anilines is 1. The molecule has 7 aliphatic rings. The van der Waals surface area contributed by atoms with Gasteiger partial charge in [-0.3, -0.25) is 39.2 Å². The van der Waals surface area contributed by atoms with E-state index in [1.54, 1.807) is 31.3 Å². The number of carbonyl (C=O) groups is 5. The highest BCUT2D eigenvalue weighted by atomic mass is 19.4. The predicted octanol–water partition coefficient (Wildman–Crippen LogP) is 3.52. The predicted molar refractivity (Wildman–Crippen MR) is 263 cm³/mol. The molecular weight excluding hydrogens is 966 g/mol. The van der Waals surface area contributed by atoms with Gasteiger partial charge in [0.15, 0.2) is 0 Å². The molecular formula is C52H63F3N10O9. The minimum Gasteiger partial charge on any atom is -0.405 e. The molecule has 2 aromatic rings. The van der Waals surface area contributed by atoms with Crippen molar-refractivity contribution in [1.29, 1.82) is 5.26 Å². The maximum absolute atomic E-state index is 13.1. The Bertz CT molecular complexity index is 2580. The zero-order valence-corrected chi connectivity index (χ0v) is 41.3. The number of likely N-dealkylation sites (N-methyl/N-ethyl adjacent to an activating group) is 1. The van der Waals surface area contributed by atoms with Crippen LogP contribution in [-0.2, 0) is 35.1 Å². The lowest BCUT2D eigenvalue weighted by Gasteiger charge is -2.60. The number of fused-ring (bicyclic) bond motifs is 1. The molecule has 5 amide bonds. The second kappa shape index (κ2) is 24.6. The first-order valence-corrected chi connectivity index (χ1v) is 25.2. The number of halogens is 3. The summed E-state index contributed by atoms with van der Waals surface area (Å²) in [5.74, 6) is -0.184. The third kappa shape index (κ3) is 13.8. The summed E-state index contributed by atoms with van der Waals surface area (Å²) < 4.78 is 60.1. The summed E-state index contributed by atoms with van der Waals surface area (Å²) in [6, 6.07) is 12.1. The Morgan fingerprint density at radius 1 is 0.905 bits per heavy atom. The molecule has 3 atom stereocenters. The molecule has 1 saturated heterocycles. The van der Waals surface area contributed by atoms with Gasteiger partial charge in [-0.15, -0.1) is 18.9 Å². The molecule has 396 valence electrons. The Labute approximate surface area is 427 Å². The van der Waals surface area contributed by atoms with Crippen LogP contribution >= 0.6 is 0 Å². The standard InChI is InChI=1S/C52H63F3N10O9/c1-64(45(67)31-59-38-9-10-39-40(25-38)50(70)65(49(39)69)41-11-12-44(66)63-48(41)68)16-18-72-20-22-73-21-19-71-17-15-57-13-14-58-46-36-23-33-24-37(46)28-51(26-33,27-36)32-61-47-34(29-56)6-4-8-43(62-47)60-30-35-5-2-3-7-42(35)74-52(53,54)55/h2-3,5-10,25,33,36-37,41,46,57-59,61H,11-24,26-28,30-32H2,1H3,(H,60,62)(H,63,66,68). The van der Waals surface area contributed by atoms with Crippen molar-refractivity contribution in [3.05, 3.63) is 88.4 Å². The van der Waals surface area contributed by atoms with Crippen LogP contribution in [0.3, 0.4) is 0 Å². The maximum atomic E-state index is 13.1. The number of piperidine rings is 1. The van der Waals surface area contributed by atoms with Crippen LogP contribution in [0.2, 0.25) is 0 Å². The molecule has 2 aromatic carbocycles. The molecule has 19 nitrogen and oxygen atoms in total. The van der Waals surface area contributed by atoms with Crippen LogP contribution in [-0.4, -0.2) is 150 Å². The van der Waals surface area contributed by atoms with Crippen molar-refractivity contribution in [2.45, 2.75) is 69.9 Å². The summed E-state index contributed by atoms with van der Waals surface area (Å²) in [5, 5.41) is 29.2. The maximum Gasteiger partial charge on any atom is 0.573 e. The van der Waals surface area contributed by atoms with E-state index in [0.29, 0.717) is 106 Å². The topological polar surface area (TPSA) is 237 Å². The number of nitriles is 1. The first-order chi connectivity index (χ1) is 35.7. The molecule has 22 heteroatoms. The van der Waals surface area contributed by atoms with Crippen molar-refractivity contribution in [3.8, 4) is 11.8 Å². The Morgan fingerprint density at radius 3 is 2.38 bits per heavy atom. The fourth-order valence-electron chi connectivity index (χ4n) is 11.2. The third-order valence-electron chi connectivity index (χ3n) is 14.5. The smallest absolute Gasteiger partial charge is 0.405 e. The minimum atomic E-state index is -4.82. The van der Waals surface area contributed by atoms with Crippen LogP contribution in [0, 0.1) is 34.5 Å². The number of hydrogen-bond acceptors (Lipinski definition) is 15. The number of amidine groups is 1. The molecule has 74 heavy (non-hydrogen) atoms. The number of benzene rings is 2. The number of amides is 5. The average Bonchev–Trinajstić information content (AvgIpc) is 3.48. The Balaban J connectivity index is 0.642. The quantitative estimate of drug-likeness (QED) is 0.0450. The van der Waals surface area contributed by atoms with E-state index in [9.17, 15) is 42.4 Å². The largest absolute Gasteiger partial charge is 0.573 e. The van der Waals surface area contributed by atoms with Crippen LogP contribution in [0.25, 0.3) is 0 Å². The zero-order chi connectivity index (χ0) is 52.2. The van der Waals surface area contributed by atoms with Crippen molar-refractivity contribution >= 4 is 41.1 Å². The van der Waals surface area contributed by atoms with Crippen molar-refractivity contribution in [2.24, 2.45) is 28.2 Å². The van der Waals surface area contributed by atoms with E-state index in [2.05, 4.69) is 53.4 Å². The lowest BCUT2D eigenvalue weighted by molar-refractivity contribution is -0.274. The van der Waals surface area contributed by atoms with Crippen molar-refractivity contribution in [1.82, 2.24) is 36.4 Å². The normalized spacial score (nSPS) is 24.4. The first kappa shape index (κ1) is 53.7. The number of carbonyl (C=O) groups excluding carboxylic acids is 5. The molecule has 6 N–H and O–H groups in total. The highest BCUT2D eigenvalue weighted by Crippen LogP contribution is 2.59. The van der Waals surface area contributed by atoms with Crippen molar-refractivity contribution in [3.63, 3.8) is 0 Å². The van der Waals surface area contributed by atoms with E-state index >= 15 is 0 Å².